The summed E-state index contributed by atoms with van der Waals surface area (Å²) in [5, 5.41) is 63.4. The summed E-state index contributed by atoms with van der Waals surface area (Å²) in [5.41, 5.74) is 6.68. The van der Waals surface area contributed by atoms with E-state index in [1.54, 1.807) is 0 Å². The van der Waals surface area contributed by atoms with Crippen LogP contribution in [0.2, 0.25) is 0 Å². The van der Waals surface area contributed by atoms with Crippen LogP contribution in [0.15, 0.2) is 76.0 Å². The van der Waals surface area contributed by atoms with Gasteiger partial charge >= 0.3 is 17.9 Å². The second-order valence-electron chi connectivity index (χ2n) is 20.7. The minimum Gasteiger partial charge on any atom is -0.504 e. The lowest BCUT2D eigenvalue weighted by atomic mass is 9.34. The van der Waals surface area contributed by atoms with Gasteiger partial charge in [-0.3, -0.25) is 4.79 Å². The number of aliphatic hydroxyl groups is 2. The molecule has 0 radical (unpaired) electrons. The number of hydrogen-bond donors (Lipinski definition) is 7. The van der Waals surface area contributed by atoms with Gasteiger partial charge in [0.1, 0.15) is 0 Å². The Labute approximate surface area is 382 Å². The first-order valence-corrected chi connectivity index (χ1v) is 23.2. The van der Waals surface area contributed by atoms with E-state index in [9.17, 15) is 29.7 Å². The van der Waals surface area contributed by atoms with E-state index in [0.29, 0.717) is 11.8 Å². The van der Waals surface area contributed by atoms with Crippen molar-refractivity contribution in [1.29, 1.82) is 0 Å². The Hall–Kier alpha value is -4.56. The summed E-state index contributed by atoms with van der Waals surface area (Å²) in [5.74, 6) is -3.20. The van der Waals surface area contributed by atoms with Crippen LogP contribution in [0.25, 0.3) is 0 Å². The third-order valence-electron chi connectivity index (χ3n) is 16.1. The number of aromatic hydroxyl groups is 2. The molecule has 9 unspecified atom stereocenters. The van der Waals surface area contributed by atoms with Crippen molar-refractivity contribution < 1.29 is 50.1 Å². The third kappa shape index (κ3) is 8.65. The Morgan fingerprint density at radius 2 is 1.36 bits per heavy atom. The van der Waals surface area contributed by atoms with Crippen molar-refractivity contribution in [2.45, 2.75) is 127 Å². The average Bonchev–Trinajstić information content (AvgIpc) is 3.24. The number of carbonyl (C=O) groups is 3. The van der Waals surface area contributed by atoms with Crippen LogP contribution in [-0.2, 0) is 26.2 Å². The molecule has 1 aliphatic heterocycles. The zero-order chi connectivity index (χ0) is 47.3. The molecule has 0 bridgehead atoms. The van der Waals surface area contributed by atoms with E-state index in [0.717, 1.165) is 75.6 Å². The van der Waals surface area contributed by atoms with E-state index in [2.05, 4.69) is 113 Å². The number of benzene rings is 3. The molecule has 64 heavy (non-hydrogen) atoms. The van der Waals surface area contributed by atoms with Gasteiger partial charge in [-0.25, -0.2) is 9.59 Å². The van der Waals surface area contributed by atoms with Gasteiger partial charge in [0.2, 0.25) is 0 Å². The monoisotopic (exact) mass is 900 g/mol. The molecule has 3 aromatic carbocycles. The molecule has 1 heterocycles. The van der Waals surface area contributed by atoms with Gasteiger partial charge in [-0.15, -0.1) is 0 Å². The van der Waals surface area contributed by atoms with E-state index in [-0.39, 0.29) is 33.2 Å². The van der Waals surface area contributed by atoms with Gasteiger partial charge in [0.25, 0.3) is 0 Å². The van der Waals surface area contributed by atoms with Crippen LogP contribution in [0.4, 0.5) is 11.4 Å². The smallest absolute Gasteiger partial charge is 0.335 e. The summed E-state index contributed by atoms with van der Waals surface area (Å²) < 4.78 is 0. The Bertz CT molecular complexity index is 2250. The second kappa shape index (κ2) is 18.0. The number of nitrogens with zero attached hydrogens (tertiary/aromatic N) is 2. The molecule has 13 heteroatoms. The van der Waals surface area contributed by atoms with E-state index < -0.39 is 35.5 Å². The highest BCUT2D eigenvalue weighted by Gasteiger charge is 2.67. The lowest BCUT2D eigenvalue weighted by Gasteiger charge is -2.69. The summed E-state index contributed by atoms with van der Waals surface area (Å²) in [6.07, 6.45) is 5.50. The molecular weight excluding hydrogens is 833 g/mol. The first-order valence-electron chi connectivity index (χ1n) is 22.4. The number of carboxylic acid groups (broad SMARTS) is 3. The highest BCUT2D eigenvalue weighted by molar-refractivity contribution is 7.99. The molecular formula is C51H68N2O10S. The molecule has 0 aromatic heterocycles. The highest BCUT2D eigenvalue weighted by Crippen LogP contribution is 2.74. The number of phenolic OH excluding ortho intramolecular Hbond substituents is 2. The van der Waals surface area contributed by atoms with E-state index in [4.69, 9.17) is 20.4 Å². The van der Waals surface area contributed by atoms with Crippen LogP contribution in [-0.4, -0.2) is 97.9 Å². The van der Waals surface area contributed by atoms with Crippen LogP contribution in [0.3, 0.4) is 0 Å². The fourth-order valence-corrected chi connectivity index (χ4v) is 13.2. The summed E-state index contributed by atoms with van der Waals surface area (Å²) in [7, 11) is 4.29. The first kappa shape index (κ1) is 48.9. The predicted molar refractivity (Wildman–Crippen MR) is 249 cm³/mol. The molecule has 9 atom stereocenters. The van der Waals surface area contributed by atoms with Gasteiger partial charge in [0.15, 0.2) is 23.7 Å². The van der Waals surface area contributed by atoms with Crippen molar-refractivity contribution in [2.24, 2.45) is 33.5 Å². The van der Waals surface area contributed by atoms with Crippen molar-refractivity contribution >= 4 is 41.0 Å². The van der Waals surface area contributed by atoms with Crippen molar-refractivity contribution in [3.8, 4) is 11.5 Å². The number of para-hydroxylation sites is 2. The van der Waals surface area contributed by atoms with Gasteiger partial charge in [-0.2, -0.15) is 0 Å². The second-order valence-corrected chi connectivity index (χ2v) is 21.7. The maximum atomic E-state index is 12.3. The van der Waals surface area contributed by atoms with Gasteiger partial charge < -0.3 is 45.5 Å². The van der Waals surface area contributed by atoms with E-state index in [1.165, 1.54) is 32.3 Å². The molecule has 4 aliphatic carbocycles. The van der Waals surface area contributed by atoms with Crippen LogP contribution < -0.4 is 4.90 Å². The van der Waals surface area contributed by atoms with Crippen LogP contribution >= 0.6 is 11.8 Å². The quantitative estimate of drug-likeness (QED) is 0.0836. The third-order valence-corrected chi connectivity index (χ3v) is 17.2. The number of allylic oxidation sites excluding steroid dienone is 2. The average molecular weight is 901 g/mol. The van der Waals surface area contributed by atoms with Crippen molar-refractivity contribution in [3.63, 3.8) is 0 Å². The normalized spacial score (nSPS) is 30.0. The minimum absolute atomic E-state index is 0.00431. The van der Waals surface area contributed by atoms with Crippen molar-refractivity contribution in [1.82, 2.24) is 4.90 Å². The van der Waals surface area contributed by atoms with Crippen LogP contribution in [0.5, 0.6) is 11.5 Å². The standard InChI is InChI=1S/C29H40O4.C18H22N2S.C4H6O6/c1-17-18-7-8-21-27(4,19(18)15-20(30)23(17)31)12-14-29(6)22-16-26(3,24(32)33)10-9-25(22,2)11-13-28(21,29)5;1-14(12-19(2)3)13-20-15-8-4-6-10-17(15)21-18-11-7-5-9-16(18)20;5-1(3(7)8)2(6)4(9)10/h8,15,22,30-31H,7,9-14,16H2,1-6H3,(H,32,33);4-11,14H,12-13H2,1-3H3;1-2,5-6H,(H,7,8)(H,9,10). The van der Waals surface area contributed by atoms with E-state index in [1.807, 2.05) is 31.7 Å². The lowest BCUT2D eigenvalue weighted by molar-refractivity contribution is -0.177. The summed E-state index contributed by atoms with van der Waals surface area (Å²) in [6, 6.07) is 19.3. The van der Waals surface area contributed by atoms with Gasteiger partial charge in [-0.1, -0.05) is 82.3 Å². The molecule has 8 rings (SSSR count). The largest absolute Gasteiger partial charge is 0.504 e. The molecule has 3 saturated carbocycles. The number of phenols is 2. The number of rotatable bonds is 8. The van der Waals surface area contributed by atoms with Crippen molar-refractivity contribution in [3.05, 3.63) is 82.9 Å². The molecule has 0 saturated heterocycles. The Balaban J connectivity index is 0.000000187. The summed E-state index contributed by atoms with van der Waals surface area (Å²) >= 11 is 1.88. The lowest BCUT2D eigenvalue weighted by Crippen LogP contribution is -2.62. The molecule has 3 fully saturated rings. The molecule has 7 N–H and O–H groups in total. The Kier molecular flexibility index (Phi) is 13.8. The summed E-state index contributed by atoms with van der Waals surface area (Å²) in [4.78, 5) is 39.3. The zero-order valence-corrected chi connectivity index (χ0v) is 39.6. The number of aliphatic hydroxyl groups excluding tert-OH is 2. The molecule has 0 amide bonds. The van der Waals surface area contributed by atoms with Crippen LogP contribution in [0, 0.1) is 40.4 Å². The molecule has 348 valence electrons. The maximum Gasteiger partial charge on any atom is 0.335 e. The topological polar surface area (TPSA) is 199 Å². The fourth-order valence-electron chi connectivity index (χ4n) is 12.1. The molecule has 5 aliphatic rings. The number of carboxylic acids is 3. The zero-order valence-electron chi connectivity index (χ0n) is 38.8. The summed E-state index contributed by atoms with van der Waals surface area (Å²) in [6.45, 7) is 18.0. The number of anilines is 2. The van der Waals surface area contributed by atoms with Gasteiger partial charge in [-0.05, 0) is 154 Å². The highest BCUT2D eigenvalue weighted by atomic mass is 32.2. The van der Waals surface area contributed by atoms with Crippen molar-refractivity contribution in [2.75, 3.05) is 32.1 Å². The van der Waals surface area contributed by atoms with E-state index >= 15 is 0 Å². The van der Waals surface area contributed by atoms with Crippen LogP contribution in [0.1, 0.15) is 103 Å². The first-order chi connectivity index (χ1) is 29.8. The molecule has 0 spiro atoms. The molecule has 12 nitrogen and oxygen atoms in total. The number of aliphatic carboxylic acids is 3. The number of hydrogen-bond acceptors (Lipinski definition) is 10. The Morgan fingerprint density at radius 1 is 0.812 bits per heavy atom. The minimum atomic E-state index is -2.27. The van der Waals surface area contributed by atoms with Gasteiger partial charge in [0, 0.05) is 28.3 Å². The predicted octanol–water partition coefficient (Wildman–Crippen LogP) is 9.01. The van der Waals surface area contributed by atoms with Gasteiger partial charge in [0.05, 0.1) is 16.8 Å². The SMILES string of the molecule is CC(CN(C)C)CN1c2ccccc2Sc2ccccc21.Cc1c(O)c(O)cc2c1CC=C1C2(C)CCC2(C)C3CC(C)(C(=O)O)CCC3(C)CCC12C.O=C(O)C(O)C(O)C(=O)O. The molecule has 3 aromatic rings. The maximum absolute atomic E-state index is 12.3. The Morgan fingerprint density at radius 3 is 1.89 bits per heavy atom. The number of fused-ring (bicyclic) bond motifs is 9. The fraction of sp³-hybridized carbons (Fsp3) is 0.549.